The molecule has 1 aromatic carbocycles. The van der Waals surface area contributed by atoms with Gasteiger partial charge in [-0.05, 0) is 31.4 Å². The Bertz CT molecular complexity index is 572. The number of amides is 2. The molecular weight excluding hydrogens is 290 g/mol. The number of hydrogen-bond acceptors (Lipinski definition) is 5. The monoisotopic (exact) mass is 307 g/mol. The van der Waals surface area contributed by atoms with Gasteiger partial charge in [-0.1, -0.05) is 0 Å². The normalized spacial score (nSPS) is 17.8. The molecule has 1 atom stereocenters. The number of non-ortho nitro benzene ring substituents is 1. The minimum atomic E-state index is -0.582. The van der Waals surface area contributed by atoms with E-state index < -0.39 is 16.9 Å². The summed E-state index contributed by atoms with van der Waals surface area (Å²) >= 11 is 0. The molecule has 8 nitrogen and oxygen atoms in total. The molecule has 0 aromatic heterocycles. The van der Waals surface area contributed by atoms with Gasteiger partial charge in [0.2, 0.25) is 5.91 Å². The van der Waals surface area contributed by atoms with Crippen LogP contribution in [-0.2, 0) is 9.59 Å². The first-order chi connectivity index (χ1) is 10.5. The van der Waals surface area contributed by atoms with E-state index in [-0.39, 0.29) is 18.2 Å². The van der Waals surface area contributed by atoms with Crippen LogP contribution in [0.2, 0.25) is 0 Å². The van der Waals surface area contributed by atoms with Crippen LogP contribution in [0.3, 0.4) is 0 Å². The summed E-state index contributed by atoms with van der Waals surface area (Å²) in [7, 11) is 0. The lowest BCUT2D eigenvalue weighted by Gasteiger charge is -2.33. The SMILES string of the molecule is NC(=O)C1CCCCN1C(=O)COc1ccc([N+](=O)[O-])cc1. The molecule has 22 heavy (non-hydrogen) atoms. The zero-order valence-corrected chi connectivity index (χ0v) is 11.9. The van der Waals surface area contributed by atoms with Gasteiger partial charge in [-0.2, -0.15) is 0 Å². The molecule has 0 spiro atoms. The highest BCUT2D eigenvalue weighted by atomic mass is 16.6. The van der Waals surface area contributed by atoms with Gasteiger partial charge in [0, 0.05) is 18.7 Å². The zero-order chi connectivity index (χ0) is 16.1. The van der Waals surface area contributed by atoms with Crippen molar-refractivity contribution in [2.24, 2.45) is 5.73 Å². The van der Waals surface area contributed by atoms with E-state index in [1.54, 1.807) is 0 Å². The molecular formula is C14H17N3O5. The predicted octanol–water partition coefficient (Wildman–Crippen LogP) is 0.840. The minimum absolute atomic E-state index is 0.0523. The summed E-state index contributed by atoms with van der Waals surface area (Å²) in [5.41, 5.74) is 5.26. The number of nitrogens with zero attached hydrogens (tertiary/aromatic N) is 2. The number of piperidine rings is 1. The topological polar surface area (TPSA) is 116 Å². The first-order valence-corrected chi connectivity index (χ1v) is 6.95. The molecule has 1 aliphatic rings. The lowest BCUT2D eigenvalue weighted by atomic mass is 10.0. The largest absolute Gasteiger partial charge is 0.484 e. The summed E-state index contributed by atoms with van der Waals surface area (Å²) in [6.45, 7) is 0.248. The van der Waals surface area contributed by atoms with E-state index >= 15 is 0 Å². The Labute approximate surface area is 127 Å². The van der Waals surface area contributed by atoms with E-state index in [0.29, 0.717) is 18.7 Å². The third-order valence-corrected chi connectivity index (χ3v) is 3.56. The molecule has 1 aliphatic heterocycles. The smallest absolute Gasteiger partial charge is 0.269 e. The van der Waals surface area contributed by atoms with Gasteiger partial charge in [-0.3, -0.25) is 19.7 Å². The number of carbonyl (C=O) groups excluding carboxylic acids is 2. The number of nitro benzene ring substituents is 1. The number of nitro groups is 1. The van der Waals surface area contributed by atoms with Gasteiger partial charge in [-0.25, -0.2) is 0 Å². The number of likely N-dealkylation sites (tertiary alicyclic amines) is 1. The molecule has 118 valence electrons. The van der Waals surface area contributed by atoms with Crippen LogP contribution < -0.4 is 10.5 Å². The van der Waals surface area contributed by atoms with Crippen molar-refractivity contribution < 1.29 is 19.2 Å². The highest BCUT2D eigenvalue weighted by molar-refractivity contribution is 5.87. The second kappa shape index (κ2) is 6.88. The van der Waals surface area contributed by atoms with Gasteiger partial charge < -0.3 is 15.4 Å². The van der Waals surface area contributed by atoms with Crippen molar-refractivity contribution >= 4 is 17.5 Å². The molecule has 1 saturated heterocycles. The van der Waals surface area contributed by atoms with Crippen LogP contribution >= 0.6 is 0 Å². The van der Waals surface area contributed by atoms with E-state index in [1.807, 2.05) is 0 Å². The fraction of sp³-hybridized carbons (Fsp3) is 0.429. The van der Waals surface area contributed by atoms with Crippen LogP contribution in [0.25, 0.3) is 0 Å². The number of benzene rings is 1. The fourth-order valence-electron chi connectivity index (χ4n) is 2.42. The maximum Gasteiger partial charge on any atom is 0.269 e. The first-order valence-electron chi connectivity index (χ1n) is 6.95. The van der Waals surface area contributed by atoms with Crippen LogP contribution in [0.15, 0.2) is 24.3 Å². The zero-order valence-electron chi connectivity index (χ0n) is 11.9. The average Bonchev–Trinajstić information content (AvgIpc) is 2.53. The summed E-state index contributed by atoms with van der Waals surface area (Å²) in [5, 5.41) is 10.5. The van der Waals surface area contributed by atoms with Crippen molar-refractivity contribution in [3.05, 3.63) is 34.4 Å². The number of nitrogens with two attached hydrogens (primary N) is 1. The number of primary amides is 1. The van der Waals surface area contributed by atoms with Crippen molar-refractivity contribution in [1.29, 1.82) is 0 Å². The summed E-state index contributed by atoms with van der Waals surface area (Å²) in [5.74, 6) is -0.475. The molecule has 2 N–H and O–H groups in total. The van der Waals surface area contributed by atoms with E-state index in [2.05, 4.69) is 0 Å². The molecule has 0 radical (unpaired) electrons. The van der Waals surface area contributed by atoms with Crippen LogP contribution in [0.5, 0.6) is 5.75 Å². The van der Waals surface area contributed by atoms with Crippen LogP contribution in [-0.4, -0.2) is 40.8 Å². The third-order valence-electron chi connectivity index (χ3n) is 3.56. The van der Waals surface area contributed by atoms with Gasteiger partial charge in [0.1, 0.15) is 11.8 Å². The minimum Gasteiger partial charge on any atom is -0.484 e. The lowest BCUT2D eigenvalue weighted by molar-refractivity contribution is -0.384. The average molecular weight is 307 g/mol. The Kier molecular flexibility index (Phi) is 4.92. The number of hydrogen-bond donors (Lipinski definition) is 1. The fourth-order valence-corrected chi connectivity index (χ4v) is 2.42. The van der Waals surface area contributed by atoms with Crippen LogP contribution in [0.1, 0.15) is 19.3 Å². The molecule has 1 fully saturated rings. The number of rotatable bonds is 5. The Hall–Kier alpha value is -2.64. The summed E-state index contributed by atoms with van der Waals surface area (Å²) in [6, 6.07) is 4.86. The molecule has 1 unspecified atom stereocenters. The highest BCUT2D eigenvalue weighted by Gasteiger charge is 2.30. The Morgan fingerprint density at radius 1 is 1.32 bits per heavy atom. The van der Waals surface area contributed by atoms with Crippen molar-refractivity contribution in [3.63, 3.8) is 0 Å². The van der Waals surface area contributed by atoms with E-state index in [9.17, 15) is 19.7 Å². The Morgan fingerprint density at radius 3 is 2.59 bits per heavy atom. The van der Waals surface area contributed by atoms with Gasteiger partial charge in [-0.15, -0.1) is 0 Å². The number of ether oxygens (including phenoxy) is 1. The van der Waals surface area contributed by atoms with Gasteiger partial charge in [0.25, 0.3) is 11.6 Å². The number of carbonyl (C=O) groups is 2. The maximum atomic E-state index is 12.1. The predicted molar refractivity (Wildman–Crippen MR) is 77.1 cm³/mol. The maximum absolute atomic E-state index is 12.1. The van der Waals surface area contributed by atoms with Gasteiger partial charge in [0.15, 0.2) is 6.61 Å². The van der Waals surface area contributed by atoms with Crippen molar-refractivity contribution in [3.8, 4) is 5.75 Å². The van der Waals surface area contributed by atoms with Gasteiger partial charge >= 0.3 is 0 Å². The molecule has 1 aromatic rings. The summed E-state index contributed by atoms with van der Waals surface area (Å²) in [4.78, 5) is 35.0. The molecule has 0 saturated carbocycles. The summed E-state index contributed by atoms with van der Waals surface area (Å²) < 4.78 is 5.32. The standard InChI is InChI=1S/C14H17N3O5/c15-14(19)12-3-1-2-8-16(12)13(18)9-22-11-6-4-10(5-7-11)17(20)21/h4-7,12H,1-3,8-9H2,(H2,15,19). The molecule has 0 bridgehead atoms. The highest BCUT2D eigenvalue weighted by Crippen LogP contribution is 2.19. The molecule has 1 heterocycles. The lowest BCUT2D eigenvalue weighted by Crippen LogP contribution is -2.51. The Morgan fingerprint density at radius 2 is 2.00 bits per heavy atom. The quantitative estimate of drug-likeness (QED) is 0.639. The van der Waals surface area contributed by atoms with Crippen LogP contribution in [0, 0.1) is 10.1 Å². The van der Waals surface area contributed by atoms with Crippen LogP contribution in [0.4, 0.5) is 5.69 Å². The Balaban J connectivity index is 1.93. The molecule has 0 aliphatic carbocycles. The van der Waals surface area contributed by atoms with Gasteiger partial charge in [0.05, 0.1) is 4.92 Å². The third kappa shape index (κ3) is 3.72. The van der Waals surface area contributed by atoms with E-state index in [4.69, 9.17) is 10.5 Å². The van der Waals surface area contributed by atoms with E-state index in [1.165, 1.54) is 29.2 Å². The van der Waals surface area contributed by atoms with E-state index in [0.717, 1.165) is 12.8 Å². The van der Waals surface area contributed by atoms with Crippen molar-refractivity contribution in [2.75, 3.05) is 13.2 Å². The first kappa shape index (κ1) is 15.7. The van der Waals surface area contributed by atoms with Crippen molar-refractivity contribution in [1.82, 2.24) is 4.90 Å². The molecule has 2 rings (SSSR count). The second-order valence-electron chi connectivity index (χ2n) is 5.04. The molecule has 2 amide bonds. The molecule has 8 heteroatoms. The summed E-state index contributed by atoms with van der Waals surface area (Å²) in [6.07, 6.45) is 2.26. The van der Waals surface area contributed by atoms with Crippen molar-refractivity contribution in [2.45, 2.75) is 25.3 Å². The second-order valence-corrected chi connectivity index (χ2v) is 5.04.